The second-order valence-electron chi connectivity index (χ2n) is 4.83. The SMILES string of the molecule is COc1ccccc1C(=O)COC(=O)c1ccc2nc[nH]c2c1. The molecule has 2 aromatic carbocycles. The van der Waals surface area contributed by atoms with Crippen molar-refractivity contribution in [3.8, 4) is 5.75 Å². The maximum absolute atomic E-state index is 12.2. The highest BCUT2D eigenvalue weighted by Crippen LogP contribution is 2.18. The van der Waals surface area contributed by atoms with Gasteiger partial charge in [0, 0.05) is 0 Å². The van der Waals surface area contributed by atoms with Crippen molar-refractivity contribution in [3.05, 3.63) is 59.9 Å². The highest BCUT2D eigenvalue weighted by molar-refractivity contribution is 6.01. The van der Waals surface area contributed by atoms with Gasteiger partial charge in [-0.25, -0.2) is 9.78 Å². The average Bonchev–Trinajstić information content (AvgIpc) is 3.06. The minimum Gasteiger partial charge on any atom is -0.496 e. The van der Waals surface area contributed by atoms with Crippen LogP contribution in [0.1, 0.15) is 20.7 Å². The summed E-state index contributed by atoms with van der Waals surface area (Å²) in [4.78, 5) is 31.2. The van der Waals surface area contributed by atoms with Gasteiger partial charge in [0.1, 0.15) is 5.75 Å². The standard InChI is InChI=1S/C17H14N2O4/c1-22-16-5-3-2-4-12(16)15(20)9-23-17(21)11-6-7-13-14(8-11)19-10-18-13/h2-8,10H,9H2,1H3,(H,18,19). The van der Waals surface area contributed by atoms with E-state index in [0.717, 1.165) is 11.0 Å². The lowest BCUT2D eigenvalue weighted by atomic mass is 10.1. The van der Waals surface area contributed by atoms with Crippen LogP contribution in [0.3, 0.4) is 0 Å². The minimum absolute atomic E-state index is 0.321. The quantitative estimate of drug-likeness (QED) is 0.578. The number of rotatable bonds is 5. The first-order valence-corrected chi connectivity index (χ1v) is 6.95. The number of carbonyl (C=O) groups is 2. The number of methoxy groups -OCH3 is 1. The maximum atomic E-state index is 12.2. The number of imidazole rings is 1. The molecule has 0 aliphatic carbocycles. The van der Waals surface area contributed by atoms with Gasteiger partial charge in [0.25, 0.3) is 0 Å². The Bertz CT molecular complexity index is 870. The highest BCUT2D eigenvalue weighted by Gasteiger charge is 2.15. The Hall–Kier alpha value is -3.15. The van der Waals surface area contributed by atoms with Crippen LogP contribution in [-0.4, -0.2) is 35.4 Å². The first-order valence-electron chi connectivity index (χ1n) is 6.95. The Morgan fingerprint density at radius 2 is 2.00 bits per heavy atom. The molecule has 6 heteroatoms. The van der Waals surface area contributed by atoms with Gasteiger partial charge in [-0.15, -0.1) is 0 Å². The number of ether oxygens (including phenoxy) is 2. The van der Waals surface area contributed by atoms with Crippen molar-refractivity contribution in [2.45, 2.75) is 0 Å². The Kier molecular flexibility index (Phi) is 4.05. The lowest BCUT2D eigenvalue weighted by Crippen LogP contribution is -2.15. The van der Waals surface area contributed by atoms with Crippen LogP contribution >= 0.6 is 0 Å². The summed E-state index contributed by atoms with van der Waals surface area (Å²) in [6.45, 7) is -0.347. The first kappa shape index (κ1) is 14.8. The maximum Gasteiger partial charge on any atom is 0.338 e. The number of hydrogen-bond acceptors (Lipinski definition) is 5. The summed E-state index contributed by atoms with van der Waals surface area (Å²) in [7, 11) is 1.48. The molecule has 23 heavy (non-hydrogen) atoms. The summed E-state index contributed by atoms with van der Waals surface area (Å²) in [6, 6.07) is 11.8. The van der Waals surface area contributed by atoms with Crippen LogP contribution in [0.15, 0.2) is 48.8 Å². The molecule has 0 saturated heterocycles. The number of ketones is 1. The van der Waals surface area contributed by atoms with E-state index in [2.05, 4.69) is 9.97 Å². The Labute approximate surface area is 132 Å². The summed E-state index contributed by atoms with van der Waals surface area (Å²) in [6.07, 6.45) is 1.55. The molecule has 3 aromatic rings. The third-order valence-electron chi connectivity index (χ3n) is 3.40. The van der Waals surface area contributed by atoms with E-state index < -0.39 is 5.97 Å². The van der Waals surface area contributed by atoms with E-state index in [4.69, 9.17) is 9.47 Å². The molecule has 0 atom stereocenters. The van der Waals surface area contributed by atoms with Crippen LogP contribution in [0, 0.1) is 0 Å². The molecule has 3 rings (SSSR count). The fourth-order valence-electron chi connectivity index (χ4n) is 2.23. The molecular weight excluding hydrogens is 296 g/mol. The van der Waals surface area contributed by atoms with Gasteiger partial charge in [-0.2, -0.15) is 0 Å². The van der Waals surface area contributed by atoms with Crippen molar-refractivity contribution in [3.63, 3.8) is 0 Å². The second kappa shape index (κ2) is 6.31. The monoisotopic (exact) mass is 310 g/mol. The molecular formula is C17H14N2O4. The number of para-hydroxylation sites is 1. The molecule has 0 fully saturated rings. The Morgan fingerprint density at radius 3 is 2.83 bits per heavy atom. The molecule has 0 radical (unpaired) electrons. The third kappa shape index (κ3) is 3.06. The predicted molar refractivity (Wildman–Crippen MR) is 83.7 cm³/mol. The number of nitrogens with zero attached hydrogens (tertiary/aromatic N) is 1. The smallest absolute Gasteiger partial charge is 0.338 e. The van der Waals surface area contributed by atoms with Crippen molar-refractivity contribution in [1.29, 1.82) is 0 Å². The fourth-order valence-corrected chi connectivity index (χ4v) is 2.23. The van der Waals surface area contributed by atoms with Crippen LogP contribution < -0.4 is 4.74 Å². The number of benzene rings is 2. The molecule has 1 heterocycles. The van der Waals surface area contributed by atoms with Crippen molar-refractivity contribution >= 4 is 22.8 Å². The summed E-state index contributed by atoms with van der Waals surface area (Å²) in [5.41, 5.74) is 2.23. The molecule has 0 bridgehead atoms. The zero-order chi connectivity index (χ0) is 16.2. The van der Waals surface area contributed by atoms with Crippen molar-refractivity contribution in [1.82, 2.24) is 9.97 Å². The van der Waals surface area contributed by atoms with Crippen molar-refractivity contribution < 1.29 is 19.1 Å². The lowest BCUT2D eigenvalue weighted by molar-refractivity contribution is 0.0474. The molecule has 0 saturated carbocycles. The normalized spacial score (nSPS) is 10.5. The van der Waals surface area contributed by atoms with Gasteiger partial charge in [-0.05, 0) is 30.3 Å². The van der Waals surface area contributed by atoms with Gasteiger partial charge in [0.05, 0.1) is 35.6 Å². The number of fused-ring (bicyclic) bond motifs is 1. The summed E-state index contributed by atoms with van der Waals surface area (Å²) >= 11 is 0. The van der Waals surface area contributed by atoms with E-state index in [1.54, 1.807) is 48.8 Å². The number of esters is 1. The van der Waals surface area contributed by atoms with Crippen LogP contribution in [0.4, 0.5) is 0 Å². The molecule has 0 amide bonds. The van der Waals surface area contributed by atoms with Gasteiger partial charge in [-0.3, -0.25) is 4.79 Å². The number of nitrogens with one attached hydrogen (secondary N) is 1. The van der Waals surface area contributed by atoms with Crippen LogP contribution in [0.5, 0.6) is 5.75 Å². The lowest BCUT2D eigenvalue weighted by Gasteiger charge is -2.08. The third-order valence-corrected chi connectivity index (χ3v) is 3.40. The zero-order valence-corrected chi connectivity index (χ0v) is 12.4. The van der Waals surface area contributed by atoms with E-state index in [1.807, 2.05) is 0 Å². The van der Waals surface area contributed by atoms with Crippen LogP contribution in [0.25, 0.3) is 11.0 Å². The van der Waals surface area contributed by atoms with E-state index in [0.29, 0.717) is 16.9 Å². The number of carbonyl (C=O) groups excluding carboxylic acids is 2. The summed E-state index contributed by atoms with van der Waals surface area (Å²) in [5.74, 6) is -0.435. The van der Waals surface area contributed by atoms with Crippen molar-refractivity contribution in [2.75, 3.05) is 13.7 Å². The van der Waals surface area contributed by atoms with E-state index in [-0.39, 0.29) is 12.4 Å². The molecule has 0 spiro atoms. The van der Waals surface area contributed by atoms with Gasteiger partial charge in [0.15, 0.2) is 6.61 Å². The number of Topliss-reactive ketones (excluding diaryl/α,β-unsaturated/α-hetero) is 1. The number of H-pyrrole nitrogens is 1. The van der Waals surface area contributed by atoms with E-state index in [9.17, 15) is 9.59 Å². The van der Waals surface area contributed by atoms with Gasteiger partial charge in [-0.1, -0.05) is 12.1 Å². The Morgan fingerprint density at radius 1 is 1.17 bits per heavy atom. The van der Waals surface area contributed by atoms with E-state index in [1.165, 1.54) is 7.11 Å². The van der Waals surface area contributed by atoms with E-state index >= 15 is 0 Å². The minimum atomic E-state index is -0.565. The molecule has 0 aliphatic heterocycles. The van der Waals surface area contributed by atoms with Gasteiger partial charge < -0.3 is 14.5 Å². The predicted octanol–water partition coefficient (Wildman–Crippen LogP) is 2.61. The van der Waals surface area contributed by atoms with Crippen LogP contribution in [0.2, 0.25) is 0 Å². The topological polar surface area (TPSA) is 81.3 Å². The number of aromatic amines is 1. The number of hydrogen-bond donors (Lipinski definition) is 1. The molecule has 1 N–H and O–H groups in total. The first-order chi connectivity index (χ1) is 11.2. The summed E-state index contributed by atoms with van der Waals surface area (Å²) in [5, 5.41) is 0. The largest absolute Gasteiger partial charge is 0.496 e. The molecule has 0 unspecified atom stereocenters. The zero-order valence-electron chi connectivity index (χ0n) is 12.4. The Balaban J connectivity index is 1.69. The number of aromatic nitrogens is 2. The van der Waals surface area contributed by atoms with Gasteiger partial charge in [0.2, 0.25) is 5.78 Å². The molecule has 6 nitrogen and oxygen atoms in total. The molecule has 116 valence electrons. The molecule has 1 aromatic heterocycles. The van der Waals surface area contributed by atoms with Crippen LogP contribution in [-0.2, 0) is 4.74 Å². The fraction of sp³-hybridized carbons (Fsp3) is 0.118. The second-order valence-corrected chi connectivity index (χ2v) is 4.83. The van der Waals surface area contributed by atoms with Crippen molar-refractivity contribution in [2.24, 2.45) is 0 Å². The molecule has 0 aliphatic rings. The highest BCUT2D eigenvalue weighted by atomic mass is 16.5. The van der Waals surface area contributed by atoms with Gasteiger partial charge >= 0.3 is 5.97 Å². The summed E-state index contributed by atoms with van der Waals surface area (Å²) < 4.78 is 10.2. The average molecular weight is 310 g/mol.